The van der Waals surface area contributed by atoms with Gasteiger partial charge in [0.15, 0.2) is 0 Å². The average Bonchev–Trinajstić information content (AvgIpc) is 2.46. The van der Waals surface area contributed by atoms with Gasteiger partial charge in [-0.1, -0.05) is 19.1 Å². The Kier molecular flexibility index (Phi) is 4.53. The summed E-state index contributed by atoms with van der Waals surface area (Å²) < 4.78 is 18.3. The van der Waals surface area contributed by atoms with Crippen LogP contribution >= 0.6 is 0 Å². The molecule has 0 bridgehead atoms. The first-order valence-corrected chi connectivity index (χ1v) is 8.29. The monoisotopic (exact) mass is 307 g/mol. The number of hydrogen-bond acceptors (Lipinski definition) is 3. The number of rotatable bonds is 5. The number of benzene rings is 1. The smallest absolute Gasteiger partial charge is 0.123 e. The molecule has 0 amide bonds. The maximum absolute atomic E-state index is 13.0. The fourth-order valence-electron chi connectivity index (χ4n) is 3.77. The Hall–Kier alpha value is -0.970. The highest BCUT2D eigenvalue weighted by atomic mass is 19.1. The molecular weight excluding hydrogens is 281 g/mol. The van der Waals surface area contributed by atoms with Crippen LogP contribution in [-0.4, -0.2) is 36.5 Å². The second-order valence-corrected chi connectivity index (χ2v) is 7.21. The Balaban J connectivity index is 1.42. The zero-order valence-electron chi connectivity index (χ0n) is 13.3. The first-order valence-electron chi connectivity index (χ1n) is 8.29. The van der Waals surface area contributed by atoms with Crippen LogP contribution < -0.4 is 5.32 Å². The first kappa shape index (κ1) is 15.9. The van der Waals surface area contributed by atoms with Gasteiger partial charge in [-0.15, -0.1) is 0 Å². The lowest BCUT2D eigenvalue weighted by Gasteiger charge is -2.46. The van der Waals surface area contributed by atoms with Crippen molar-refractivity contribution >= 4 is 0 Å². The second-order valence-electron chi connectivity index (χ2n) is 7.21. The van der Waals surface area contributed by atoms with Crippen LogP contribution in [0.4, 0.5) is 4.39 Å². The second kappa shape index (κ2) is 6.26. The Bertz CT molecular complexity index is 490. The Morgan fingerprint density at radius 3 is 2.50 bits per heavy atom. The van der Waals surface area contributed by atoms with Gasteiger partial charge in [-0.05, 0) is 61.8 Å². The molecule has 1 saturated heterocycles. The zero-order valence-corrected chi connectivity index (χ0v) is 13.3. The SMILES string of the molecule is CC1(c2ccc(F)cc2)CC(NCCC2(O)CCOCC2)C1. The van der Waals surface area contributed by atoms with Crippen molar-refractivity contribution in [3.63, 3.8) is 0 Å². The van der Waals surface area contributed by atoms with Gasteiger partial charge in [0, 0.05) is 19.3 Å². The molecule has 2 aliphatic rings. The third-order valence-corrected chi connectivity index (χ3v) is 5.38. The van der Waals surface area contributed by atoms with Crippen molar-refractivity contribution in [2.24, 2.45) is 0 Å². The summed E-state index contributed by atoms with van der Waals surface area (Å²) in [5.41, 5.74) is 0.825. The lowest BCUT2D eigenvalue weighted by atomic mass is 9.63. The van der Waals surface area contributed by atoms with Gasteiger partial charge in [-0.25, -0.2) is 4.39 Å². The molecule has 122 valence electrons. The molecule has 0 radical (unpaired) electrons. The third kappa shape index (κ3) is 3.50. The van der Waals surface area contributed by atoms with Crippen LogP contribution in [0.25, 0.3) is 0 Å². The van der Waals surface area contributed by atoms with E-state index in [1.165, 1.54) is 5.56 Å². The minimum absolute atomic E-state index is 0.154. The van der Waals surface area contributed by atoms with Gasteiger partial charge in [0.2, 0.25) is 0 Å². The number of ether oxygens (including phenoxy) is 1. The van der Waals surface area contributed by atoms with Crippen molar-refractivity contribution < 1.29 is 14.2 Å². The fraction of sp³-hybridized carbons (Fsp3) is 0.667. The van der Waals surface area contributed by atoms with E-state index in [0.717, 1.165) is 38.6 Å². The van der Waals surface area contributed by atoms with Crippen LogP contribution in [0.3, 0.4) is 0 Å². The molecule has 4 heteroatoms. The van der Waals surface area contributed by atoms with E-state index >= 15 is 0 Å². The van der Waals surface area contributed by atoms with E-state index in [-0.39, 0.29) is 11.2 Å². The highest BCUT2D eigenvalue weighted by molar-refractivity contribution is 5.29. The average molecular weight is 307 g/mol. The minimum atomic E-state index is -0.546. The summed E-state index contributed by atoms with van der Waals surface area (Å²) in [6, 6.07) is 7.38. The van der Waals surface area contributed by atoms with Gasteiger partial charge in [-0.3, -0.25) is 0 Å². The van der Waals surface area contributed by atoms with Crippen molar-refractivity contribution in [2.45, 2.75) is 56.1 Å². The van der Waals surface area contributed by atoms with E-state index in [9.17, 15) is 9.50 Å². The van der Waals surface area contributed by atoms with Crippen molar-refractivity contribution in [1.82, 2.24) is 5.32 Å². The van der Waals surface area contributed by atoms with Gasteiger partial charge < -0.3 is 15.2 Å². The molecule has 1 heterocycles. The summed E-state index contributed by atoms with van der Waals surface area (Å²) in [7, 11) is 0. The molecule has 3 nitrogen and oxygen atoms in total. The molecule has 1 saturated carbocycles. The Morgan fingerprint density at radius 1 is 1.23 bits per heavy atom. The predicted octanol–water partition coefficient (Wildman–Crippen LogP) is 2.77. The maximum atomic E-state index is 13.0. The Morgan fingerprint density at radius 2 is 1.86 bits per heavy atom. The van der Waals surface area contributed by atoms with E-state index < -0.39 is 5.60 Å². The van der Waals surface area contributed by atoms with Crippen molar-refractivity contribution in [1.29, 1.82) is 0 Å². The van der Waals surface area contributed by atoms with E-state index in [0.29, 0.717) is 19.3 Å². The fourth-order valence-corrected chi connectivity index (χ4v) is 3.77. The number of nitrogens with one attached hydrogen (secondary N) is 1. The van der Waals surface area contributed by atoms with Gasteiger partial charge in [0.25, 0.3) is 0 Å². The lowest BCUT2D eigenvalue weighted by molar-refractivity contribution is -0.0680. The number of aliphatic hydroxyl groups is 1. The van der Waals surface area contributed by atoms with E-state index in [1.807, 2.05) is 12.1 Å². The summed E-state index contributed by atoms with van der Waals surface area (Å²) in [6.07, 6.45) is 4.42. The van der Waals surface area contributed by atoms with Crippen LogP contribution in [0.5, 0.6) is 0 Å². The van der Waals surface area contributed by atoms with Crippen LogP contribution in [0.2, 0.25) is 0 Å². The third-order valence-electron chi connectivity index (χ3n) is 5.38. The highest BCUT2D eigenvalue weighted by Crippen LogP contribution is 2.43. The summed E-state index contributed by atoms with van der Waals surface area (Å²) >= 11 is 0. The summed E-state index contributed by atoms with van der Waals surface area (Å²) in [5, 5.41) is 14.0. The van der Waals surface area contributed by atoms with Gasteiger partial charge in [0.05, 0.1) is 5.60 Å². The first-order chi connectivity index (χ1) is 10.5. The van der Waals surface area contributed by atoms with E-state index in [1.54, 1.807) is 12.1 Å². The quantitative estimate of drug-likeness (QED) is 0.879. The molecule has 1 aromatic carbocycles. The molecule has 3 rings (SSSR count). The summed E-state index contributed by atoms with van der Waals surface area (Å²) in [6.45, 7) is 4.43. The minimum Gasteiger partial charge on any atom is -0.390 e. The van der Waals surface area contributed by atoms with Crippen molar-refractivity contribution in [3.05, 3.63) is 35.6 Å². The molecule has 22 heavy (non-hydrogen) atoms. The van der Waals surface area contributed by atoms with Crippen LogP contribution in [-0.2, 0) is 10.2 Å². The van der Waals surface area contributed by atoms with Gasteiger partial charge in [0.1, 0.15) is 5.82 Å². The molecule has 0 unspecified atom stereocenters. The van der Waals surface area contributed by atoms with Crippen LogP contribution in [0, 0.1) is 5.82 Å². The zero-order chi connectivity index (χ0) is 15.6. The number of hydrogen-bond donors (Lipinski definition) is 2. The normalized spacial score (nSPS) is 30.8. The molecule has 1 aliphatic carbocycles. The highest BCUT2D eigenvalue weighted by Gasteiger charge is 2.41. The molecule has 1 aliphatic heterocycles. The van der Waals surface area contributed by atoms with Gasteiger partial charge in [-0.2, -0.15) is 0 Å². The molecule has 2 N–H and O–H groups in total. The topological polar surface area (TPSA) is 41.5 Å². The van der Waals surface area contributed by atoms with E-state index in [2.05, 4.69) is 12.2 Å². The van der Waals surface area contributed by atoms with Crippen LogP contribution in [0.15, 0.2) is 24.3 Å². The summed E-state index contributed by atoms with van der Waals surface area (Å²) in [5.74, 6) is -0.175. The standard InChI is InChI=1S/C18H26FNO2/c1-17(14-2-4-15(19)5-3-14)12-16(13-17)20-9-6-18(21)7-10-22-11-8-18/h2-5,16,20-21H,6-13H2,1H3. The lowest BCUT2D eigenvalue weighted by Crippen LogP contribution is -2.51. The molecule has 2 fully saturated rings. The van der Waals surface area contributed by atoms with Gasteiger partial charge >= 0.3 is 0 Å². The van der Waals surface area contributed by atoms with Crippen LogP contribution in [0.1, 0.15) is 44.6 Å². The largest absolute Gasteiger partial charge is 0.390 e. The van der Waals surface area contributed by atoms with Crippen molar-refractivity contribution in [2.75, 3.05) is 19.8 Å². The predicted molar refractivity (Wildman–Crippen MR) is 84.4 cm³/mol. The molecule has 1 aromatic rings. The Labute approximate surface area is 131 Å². The van der Waals surface area contributed by atoms with E-state index in [4.69, 9.17) is 4.74 Å². The van der Waals surface area contributed by atoms with Crippen molar-refractivity contribution in [3.8, 4) is 0 Å². The molecule has 0 aromatic heterocycles. The summed E-state index contributed by atoms with van der Waals surface area (Å²) in [4.78, 5) is 0. The molecule has 0 spiro atoms. The molecular formula is C18H26FNO2. The maximum Gasteiger partial charge on any atom is 0.123 e. The number of halogens is 1. The molecule has 0 atom stereocenters.